The molecule has 7 nitrogen and oxygen atoms in total. The van der Waals surface area contributed by atoms with Crippen LogP contribution in [0.25, 0.3) is 11.1 Å². The molecule has 2 aliphatic rings. The third-order valence-corrected chi connectivity index (χ3v) is 7.56. The summed E-state index contributed by atoms with van der Waals surface area (Å²) in [6.45, 7) is 2.50. The van der Waals surface area contributed by atoms with Crippen LogP contribution in [0, 0.1) is 5.41 Å². The summed E-state index contributed by atoms with van der Waals surface area (Å²) in [6, 6.07) is 16.1. The fraction of sp³-hybridized carbons (Fsp3) is 0.464. The van der Waals surface area contributed by atoms with Gasteiger partial charge in [-0.15, -0.1) is 0 Å². The summed E-state index contributed by atoms with van der Waals surface area (Å²) in [4.78, 5) is 38.6. The van der Waals surface area contributed by atoms with Crippen LogP contribution in [0.3, 0.4) is 0 Å². The number of carboxylic acids is 1. The van der Waals surface area contributed by atoms with Gasteiger partial charge in [-0.1, -0.05) is 61.4 Å². The first-order chi connectivity index (χ1) is 16.8. The Labute approximate surface area is 206 Å². The van der Waals surface area contributed by atoms with Crippen molar-refractivity contribution in [1.82, 2.24) is 10.2 Å². The molecular weight excluding hydrogens is 444 g/mol. The standard InChI is InChI=1S/C28H34N2O5/c1-28(26(33)30(2)17-9-15-25(31)32)16-8-7-14-24(28)29-27(34)35-18-23-21-12-5-3-10-19(21)20-11-4-6-13-22(20)23/h3-6,10-13,23-24H,7-9,14-18H2,1-2H3,(H,29,34)(H,31,32). The zero-order valence-electron chi connectivity index (χ0n) is 20.5. The van der Waals surface area contributed by atoms with Crippen LogP contribution in [0.4, 0.5) is 4.79 Å². The fourth-order valence-electron chi connectivity index (χ4n) is 5.61. The van der Waals surface area contributed by atoms with Crippen molar-refractivity contribution >= 4 is 18.0 Å². The van der Waals surface area contributed by atoms with E-state index in [4.69, 9.17) is 9.84 Å². The number of carbonyl (C=O) groups is 3. The summed E-state index contributed by atoms with van der Waals surface area (Å²) >= 11 is 0. The molecule has 0 radical (unpaired) electrons. The highest BCUT2D eigenvalue weighted by molar-refractivity contribution is 5.84. The largest absolute Gasteiger partial charge is 0.481 e. The highest BCUT2D eigenvalue weighted by Crippen LogP contribution is 2.44. The first kappa shape index (κ1) is 24.8. The van der Waals surface area contributed by atoms with E-state index in [1.807, 2.05) is 31.2 Å². The Bertz CT molecular complexity index is 1050. The first-order valence-electron chi connectivity index (χ1n) is 12.4. The van der Waals surface area contributed by atoms with E-state index in [0.29, 0.717) is 25.8 Å². The molecule has 2 amide bonds. The number of nitrogens with one attached hydrogen (secondary N) is 1. The molecule has 35 heavy (non-hydrogen) atoms. The topological polar surface area (TPSA) is 95.9 Å². The molecule has 2 aromatic carbocycles. The molecule has 1 fully saturated rings. The molecule has 2 aromatic rings. The molecule has 2 aliphatic carbocycles. The van der Waals surface area contributed by atoms with Gasteiger partial charge >= 0.3 is 12.1 Å². The Morgan fingerprint density at radius 1 is 1.06 bits per heavy atom. The number of rotatable bonds is 8. The number of carbonyl (C=O) groups excluding carboxylic acids is 2. The number of amides is 2. The maximum absolute atomic E-state index is 13.3. The van der Waals surface area contributed by atoms with Crippen LogP contribution in [0.2, 0.25) is 0 Å². The van der Waals surface area contributed by atoms with Crippen molar-refractivity contribution in [3.05, 3.63) is 59.7 Å². The number of fused-ring (bicyclic) bond motifs is 3. The summed E-state index contributed by atoms with van der Waals surface area (Å²) in [6.07, 6.45) is 3.13. The number of aliphatic carboxylic acids is 1. The van der Waals surface area contributed by atoms with Crippen LogP contribution < -0.4 is 5.32 Å². The monoisotopic (exact) mass is 478 g/mol. The molecule has 0 bridgehead atoms. The lowest BCUT2D eigenvalue weighted by Crippen LogP contribution is -2.56. The van der Waals surface area contributed by atoms with Gasteiger partial charge in [-0.05, 0) is 48.4 Å². The van der Waals surface area contributed by atoms with Crippen molar-refractivity contribution in [2.75, 3.05) is 20.2 Å². The van der Waals surface area contributed by atoms with Crippen molar-refractivity contribution in [3.8, 4) is 11.1 Å². The number of nitrogens with zero attached hydrogens (tertiary/aromatic N) is 1. The maximum Gasteiger partial charge on any atom is 0.407 e. The van der Waals surface area contributed by atoms with Crippen LogP contribution in [0.15, 0.2) is 48.5 Å². The SMILES string of the molecule is CN(CCCC(=O)O)C(=O)C1(C)CCCCC1NC(=O)OCC1c2ccccc2-c2ccccc21. The average Bonchev–Trinajstić information content (AvgIpc) is 3.17. The van der Waals surface area contributed by atoms with Gasteiger partial charge in [0.15, 0.2) is 0 Å². The Balaban J connectivity index is 1.40. The fourth-order valence-corrected chi connectivity index (χ4v) is 5.61. The van der Waals surface area contributed by atoms with Crippen molar-refractivity contribution in [1.29, 1.82) is 0 Å². The molecule has 1 saturated carbocycles. The molecular formula is C28H34N2O5. The lowest BCUT2D eigenvalue weighted by atomic mass is 9.70. The minimum Gasteiger partial charge on any atom is -0.481 e. The van der Waals surface area contributed by atoms with Crippen molar-refractivity contribution < 1.29 is 24.2 Å². The maximum atomic E-state index is 13.3. The second-order valence-electron chi connectivity index (χ2n) is 9.91. The molecule has 0 aromatic heterocycles. The molecule has 186 valence electrons. The van der Waals surface area contributed by atoms with E-state index in [-0.39, 0.29) is 30.9 Å². The zero-order valence-corrected chi connectivity index (χ0v) is 20.5. The van der Waals surface area contributed by atoms with Crippen LogP contribution >= 0.6 is 0 Å². The lowest BCUT2D eigenvalue weighted by Gasteiger charge is -2.42. The molecule has 0 aliphatic heterocycles. The van der Waals surface area contributed by atoms with E-state index >= 15 is 0 Å². The number of carboxylic acid groups (broad SMARTS) is 1. The molecule has 0 spiro atoms. The quantitative estimate of drug-likeness (QED) is 0.568. The van der Waals surface area contributed by atoms with E-state index in [1.165, 1.54) is 11.1 Å². The van der Waals surface area contributed by atoms with Gasteiger partial charge in [0.05, 0.1) is 5.41 Å². The number of ether oxygens (including phenoxy) is 1. The molecule has 0 saturated heterocycles. The van der Waals surface area contributed by atoms with Crippen LogP contribution in [-0.4, -0.2) is 54.2 Å². The van der Waals surface area contributed by atoms with Crippen LogP contribution in [0.1, 0.15) is 62.5 Å². The van der Waals surface area contributed by atoms with E-state index in [2.05, 4.69) is 29.6 Å². The zero-order chi connectivity index (χ0) is 25.0. The summed E-state index contributed by atoms with van der Waals surface area (Å²) in [5.74, 6) is -0.955. The molecule has 2 unspecified atom stereocenters. The lowest BCUT2D eigenvalue weighted by molar-refractivity contribution is -0.144. The molecule has 7 heteroatoms. The highest BCUT2D eigenvalue weighted by Gasteiger charge is 2.45. The number of benzene rings is 2. The second-order valence-corrected chi connectivity index (χ2v) is 9.91. The van der Waals surface area contributed by atoms with Gasteiger partial charge in [0.1, 0.15) is 6.61 Å². The van der Waals surface area contributed by atoms with Crippen LogP contribution in [-0.2, 0) is 14.3 Å². The summed E-state index contributed by atoms with van der Waals surface area (Å²) in [7, 11) is 1.70. The predicted octanol–water partition coefficient (Wildman–Crippen LogP) is 4.80. The Morgan fingerprint density at radius 3 is 2.31 bits per heavy atom. The van der Waals surface area contributed by atoms with Gasteiger partial charge in [0.25, 0.3) is 0 Å². The third kappa shape index (κ3) is 5.19. The van der Waals surface area contributed by atoms with Crippen molar-refractivity contribution in [2.45, 2.75) is 57.4 Å². The van der Waals surface area contributed by atoms with Crippen molar-refractivity contribution in [3.63, 3.8) is 0 Å². The number of hydrogen-bond donors (Lipinski definition) is 2. The molecule has 2 atom stereocenters. The third-order valence-electron chi connectivity index (χ3n) is 7.56. The summed E-state index contributed by atoms with van der Waals surface area (Å²) in [5.41, 5.74) is 3.91. The second kappa shape index (κ2) is 10.5. The first-order valence-corrected chi connectivity index (χ1v) is 12.4. The summed E-state index contributed by atoms with van der Waals surface area (Å²) in [5, 5.41) is 11.9. The Morgan fingerprint density at radius 2 is 1.69 bits per heavy atom. The van der Waals surface area contributed by atoms with E-state index in [9.17, 15) is 14.4 Å². The molecule has 0 heterocycles. The smallest absolute Gasteiger partial charge is 0.407 e. The van der Waals surface area contributed by atoms with Crippen molar-refractivity contribution in [2.24, 2.45) is 5.41 Å². The molecule has 4 rings (SSSR count). The van der Waals surface area contributed by atoms with Gasteiger partial charge in [0, 0.05) is 32.0 Å². The summed E-state index contributed by atoms with van der Waals surface area (Å²) < 4.78 is 5.73. The number of alkyl carbamates (subject to hydrolysis) is 1. The highest BCUT2D eigenvalue weighted by atomic mass is 16.5. The normalized spacial score (nSPS) is 21.0. The predicted molar refractivity (Wildman–Crippen MR) is 133 cm³/mol. The van der Waals surface area contributed by atoms with Gasteiger partial charge < -0.3 is 20.1 Å². The van der Waals surface area contributed by atoms with Gasteiger partial charge in [-0.25, -0.2) is 4.79 Å². The van der Waals surface area contributed by atoms with E-state index in [1.54, 1.807) is 11.9 Å². The van der Waals surface area contributed by atoms with Gasteiger partial charge in [-0.2, -0.15) is 0 Å². The van der Waals surface area contributed by atoms with E-state index < -0.39 is 17.5 Å². The minimum atomic E-state index is -0.871. The minimum absolute atomic E-state index is 0.0205. The molecule has 2 N–H and O–H groups in total. The Kier molecular flexibility index (Phi) is 7.43. The Hall–Kier alpha value is -3.35. The van der Waals surface area contributed by atoms with Gasteiger partial charge in [0.2, 0.25) is 5.91 Å². The van der Waals surface area contributed by atoms with Gasteiger partial charge in [-0.3, -0.25) is 9.59 Å². The van der Waals surface area contributed by atoms with Crippen LogP contribution in [0.5, 0.6) is 0 Å². The number of hydrogen-bond acceptors (Lipinski definition) is 4. The average molecular weight is 479 g/mol. The van der Waals surface area contributed by atoms with E-state index in [0.717, 1.165) is 24.0 Å².